The van der Waals surface area contributed by atoms with Crippen LogP contribution in [0.2, 0.25) is 0 Å². The van der Waals surface area contributed by atoms with Gasteiger partial charge in [-0.3, -0.25) is 0 Å². The van der Waals surface area contributed by atoms with Crippen LogP contribution in [0.4, 0.5) is 0 Å². The zero-order valence-electron chi connectivity index (χ0n) is 12.6. The minimum atomic E-state index is 0.248. The van der Waals surface area contributed by atoms with Crippen LogP contribution < -0.4 is 10.6 Å². The summed E-state index contributed by atoms with van der Waals surface area (Å²) in [5, 5.41) is 7.02. The van der Waals surface area contributed by atoms with Gasteiger partial charge >= 0.3 is 0 Å². The summed E-state index contributed by atoms with van der Waals surface area (Å²) >= 11 is 0. The summed E-state index contributed by atoms with van der Waals surface area (Å²) in [6, 6.07) is 0. The van der Waals surface area contributed by atoms with E-state index in [-0.39, 0.29) is 5.54 Å². The average molecular weight is 256 g/mol. The molecule has 0 aliphatic carbocycles. The fourth-order valence-electron chi connectivity index (χ4n) is 2.29. The third-order valence-electron chi connectivity index (χ3n) is 3.34. The fourth-order valence-corrected chi connectivity index (χ4v) is 2.29. The lowest BCUT2D eigenvalue weighted by atomic mass is 10.0. The van der Waals surface area contributed by atoms with Gasteiger partial charge in [0, 0.05) is 12.1 Å². The molecule has 0 amide bonds. The van der Waals surface area contributed by atoms with Crippen molar-refractivity contribution in [2.75, 3.05) is 26.2 Å². The molecule has 0 aromatic carbocycles. The smallest absolute Gasteiger partial charge is 0.0575 e. The standard InChI is InChI=1S/C15H32N2O/c1-15(2,3)17-12-7-11-16-10-6-9-14-8-4-5-13-18-14/h14,16-17H,4-13H2,1-3H3. The van der Waals surface area contributed by atoms with E-state index in [1.807, 2.05) is 0 Å². The van der Waals surface area contributed by atoms with Gasteiger partial charge in [-0.15, -0.1) is 0 Å². The summed E-state index contributed by atoms with van der Waals surface area (Å²) in [4.78, 5) is 0. The molecule has 1 aliphatic heterocycles. The molecule has 108 valence electrons. The van der Waals surface area contributed by atoms with Crippen molar-refractivity contribution in [1.82, 2.24) is 10.6 Å². The predicted octanol–water partition coefficient (Wildman–Crippen LogP) is 2.70. The van der Waals surface area contributed by atoms with Crippen LogP contribution in [-0.4, -0.2) is 37.9 Å². The Kier molecular flexibility index (Phi) is 7.87. The maximum absolute atomic E-state index is 5.72. The summed E-state index contributed by atoms with van der Waals surface area (Å²) in [6.07, 6.45) is 8.12. The molecule has 0 aromatic rings. The fraction of sp³-hybridized carbons (Fsp3) is 1.00. The van der Waals surface area contributed by atoms with E-state index < -0.39 is 0 Å². The number of nitrogens with one attached hydrogen (secondary N) is 2. The molecule has 1 saturated heterocycles. The van der Waals surface area contributed by atoms with Crippen molar-refractivity contribution in [2.24, 2.45) is 0 Å². The molecule has 18 heavy (non-hydrogen) atoms. The Morgan fingerprint density at radius 3 is 2.50 bits per heavy atom. The highest BCUT2D eigenvalue weighted by Crippen LogP contribution is 2.16. The molecule has 1 fully saturated rings. The van der Waals surface area contributed by atoms with E-state index >= 15 is 0 Å². The molecule has 1 heterocycles. The van der Waals surface area contributed by atoms with Crippen LogP contribution in [0.1, 0.15) is 59.3 Å². The molecule has 2 N–H and O–H groups in total. The summed E-state index contributed by atoms with van der Waals surface area (Å²) in [6.45, 7) is 11.0. The zero-order chi connectivity index (χ0) is 13.3. The Balaban J connectivity index is 1.81. The van der Waals surface area contributed by atoms with Crippen molar-refractivity contribution < 1.29 is 4.74 Å². The third kappa shape index (κ3) is 8.90. The molecule has 1 unspecified atom stereocenters. The monoisotopic (exact) mass is 256 g/mol. The molecule has 0 bridgehead atoms. The van der Waals surface area contributed by atoms with Crippen LogP contribution in [0.25, 0.3) is 0 Å². The van der Waals surface area contributed by atoms with Gasteiger partial charge in [-0.2, -0.15) is 0 Å². The summed E-state index contributed by atoms with van der Waals surface area (Å²) in [5.41, 5.74) is 0.248. The highest BCUT2D eigenvalue weighted by atomic mass is 16.5. The van der Waals surface area contributed by atoms with Crippen molar-refractivity contribution in [3.63, 3.8) is 0 Å². The lowest BCUT2D eigenvalue weighted by molar-refractivity contribution is 0.0102. The highest BCUT2D eigenvalue weighted by molar-refractivity contribution is 4.70. The summed E-state index contributed by atoms with van der Waals surface area (Å²) < 4.78 is 5.72. The molecule has 1 atom stereocenters. The molecule has 1 aliphatic rings. The van der Waals surface area contributed by atoms with Gasteiger partial charge in [-0.1, -0.05) is 0 Å². The van der Waals surface area contributed by atoms with E-state index in [0.29, 0.717) is 6.10 Å². The highest BCUT2D eigenvalue weighted by Gasteiger charge is 2.12. The molecule has 1 rings (SSSR count). The van der Waals surface area contributed by atoms with E-state index in [2.05, 4.69) is 31.4 Å². The van der Waals surface area contributed by atoms with Crippen molar-refractivity contribution in [3.8, 4) is 0 Å². The van der Waals surface area contributed by atoms with Crippen LogP contribution in [0.15, 0.2) is 0 Å². The van der Waals surface area contributed by atoms with Gasteiger partial charge in [0.05, 0.1) is 6.10 Å². The van der Waals surface area contributed by atoms with E-state index in [4.69, 9.17) is 4.74 Å². The normalized spacial score (nSPS) is 21.2. The van der Waals surface area contributed by atoms with Gasteiger partial charge in [-0.05, 0) is 78.9 Å². The molecule has 0 saturated carbocycles. The maximum atomic E-state index is 5.72. The van der Waals surface area contributed by atoms with Crippen LogP contribution in [-0.2, 0) is 4.74 Å². The van der Waals surface area contributed by atoms with Gasteiger partial charge in [0.2, 0.25) is 0 Å². The molecule has 0 spiro atoms. The van der Waals surface area contributed by atoms with E-state index in [1.54, 1.807) is 0 Å². The lowest BCUT2D eigenvalue weighted by Crippen LogP contribution is -2.37. The first kappa shape index (κ1) is 15.9. The van der Waals surface area contributed by atoms with Crippen LogP contribution in [0.5, 0.6) is 0 Å². The summed E-state index contributed by atoms with van der Waals surface area (Å²) in [7, 11) is 0. The number of hydrogen-bond acceptors (Lipinski definition) is 3. The Morgan fingerprint density at radius 2 is 1.83 bits per heavy atom. The molecule has 0 aromatic heterocycles. The molecule has 0 radical (unpaired) electrons. The van der Waals surface area contributed by atoms with Crippen molar-refractivity contribution in [1.29, 1.82) is 0 Å². The Hall–Kier alpha value is -0.120. The second kappa shape index (κ2) is 8.89. The van der Waals surface area contributed by atoms with Gasteiger partial charge in [0.25, 0.3) is 0 Å². The number of rotatable bonds is 8. The van der Waals surface area contributed by atoms with Crippen LogP contribution in [0, 0.1) is 0 Å². The SMILES string of the molecule is CC(C)(C)NCCCNCCCC1CCCCO1. The summed E-state index contributed by atoms with van der Waals surface area (Å²) in [5.74, 6) is 0. The molecular weight excluding hydrogens is 224 g/mol. The Labute approximate surface area is 113 Å². The van der Waals surface area contributed by atoms with Crippen molar-refractivity contribution in [2.45, 2.75) is 70.9 Å². The minimum absolute atomic E-state index is 0.248. The first-order valence-corrected chi connectivity index (χ1v) is 7.65. The van der Waals surface area contributed by atoms with Crippen molar-refractivity contribution >= 4 is 0 Å². The molecule has 3 heteroatoms. The first-order chi connectivity index (χ1) is 8.58. The average Bonchev–Trinajstić information content (AvgIpc) is 2.32. The third-order valence-corrected chi connectivity index (χ3v) is 3.34. The van der Waals surface area contributed by atoms with E-state index in [0.717, 1.165) is 26.2 Å². The van der Waals surface area contributed by atoms with Crippen LogP contribution >= 0.6 is 0 Å². The van der Waals surface area contributed by atoms with Crippen molar-refractivity contribution in [3.05, 3.63) is 0 Å². The van der Waals surface area contributed by atoms with Gasteiger partial charge in [-0.25, -0.2) is 0 Å². The van der Waals surface area contributed by atoms with Gasteiger partial charge in [0.15, 0.2) is 0 Å². The number of hydrogen-bond donors (Lipinski definition) is 2. The van der Waals surface area contributed by atoms with Gasteiger partial charge < -0.3 is 15.4 Å². The Morgan fingerprint density at radius 1 is 1.06 bits per heavy atom. The van der Waals surface area contributed by atoms with Gasteiger partial charge in [0.1, 0.15) is 0 Å². The van der Waals surface area contributed by atoms with Crippen LogP contribution in [0.3, 0.4) is 0 Å². The number of ether oxygens (including phenoxy) is 1. The quantitative estimate of drug-likeness (QED) is 0.655. The largest absolute Gasteiger partial charge is 0.378 e. The first-order valence-electron chi connectivity index (χ1n) is 7.65. The zero-order valence-corrected chi connectivity index (χ0v) is 12.6. The second-order valence-electron chi connectivity index (χ2n) is 6.41. The lowest BCUT2D eigenvalue weighted by Gasteiger charge is -2.22. The topological polar surface area (TPSA) is 33.3 Å². The Bertz CT molecular complexity index is 195. The van der Waals surface area contributed by atoms with E-state index in [9.17, 15) is 0 Å². The minimum Gasteiger partial charge on any atom is -0.378 e. The predicted molar refractivity (Wildman–Crippen MR) is 78.1 cm³/mol. The van der Waals surface area contributed by atoms with E-state index in [1.165, 1.54) is 38.5 Å². The molecule has 3 nitrogen and oxygen atoms in total. The maximum Gasteiger partial charge on any atom is 0.0575 e. The molecular formula is C15H32N2O. The second-order valence-corrected chi connectivity index (χ2v) is 6.41.